The maximum Gasteiger partial charge on any atom is 0.337 e. The molecule has 168 valence electrons. The number of nitrogens with zero attached hydrogens (tertiary/aromatic N) is 1. The van der Waals surface area contributed by atoms with Gasteiger partial charge in [-0.25, -0.2) is 9.78 Å². The van der Waals surface area contributed by atoms with Gasteiger partial charge >= 0.3 is 11.9 Å². The zero-order valence-corrected chi connectivity index (χ0v) is 18.6. The fourth-order valence-corrected chi connectivity index (χ4v) is 3.85. The van der Waals surface area contributed by atoms with Crippen LogP contribution in [-0.4, -0.2) is 31.1 Å². The summed E-state index contributed by atoms with van der Waals surface area (Å²) in [7, 11) is 2.65. The van der Waals surface area contributed by atoms with Crippen molar-refractivity contribution in [2.75, 3.05) is 14.2 Å². The van der Waals surface area contributed by atoms with E-state index in [1.165, 1.54) is 14.2 Å². The third-order valence-electron chi connectivity index (χ3n) is 5.45. The average Bonchev–Trinajstić information content (AvgIpc) is 2.82. The van der Waals surface area contributed by atoms with Crippen molar-refractivity contribution in [2.24, 2.45) is 5.41 Å². The van der Waals surface area contributed by atoms with E-state index in [0.717, 1.165) is 5.56 Å². The van der Waals surface area contributed by atoms with Crippen molar-refractivity contribution in [3.63, 3.8) is 0 Å². The van der Waals surface area contributed by atoms with E-state index < -0.39 is 23.3 Å². The number of rotatable bonds is 6. The Hall–Kier alpha value is -3.65. The predicted octanol–water partition coefficient (Wildman–Crippen LogP) is 4.09. The molecule has 0 saturated heterocycles. The predicted molar refractivity (Wildman–Crippen MR) is 119 cm³/mol. The van der Waals surface area contributed by atoms with Gasteiger partial charge in [-0.3, -0.25) is 4.79 Å². The first-order chi connectivity index (χ1) is 15.3. The van der Waals surface area contributed by atoms with Gasteiger partial charge in [-0.1, -0.05) is 30.4 Å². The first-order valence-electron chi connectivity index (χ1n) is 9.99. The lowest BCUT2D eigenvalue weighted by atomic mass is 9.70. The SMILES string of the molecule is C/C=C\C1=C(N[O-])Oc2nc(-c3ccc(C(=O)OC)cc3)ccc2C1C(C)(C)C(=O)OC. The number of nitrogens with one attached hydrogen (secondary N) is 1. The van der Waals surface area contributed by atoms with Crippen LogP contribution >= 0.6 is 0 Å². The number of methoxy groups -OCH3 is 2. The number of hydroxylamine groups is 1. The fraction of sp³-hybridized carbons (Fsp3) is 0.292. The molecular weight excluding hydrogens is 412 g/mol. The number of carbonyl (C=O) groups excluding carboxylic acids is 2. The van der Waals surface area contributed by atoms with E-state index in [-0.39, 0.29) is 11.8 Å². The van der Waals surface area contributed by atoms with Crippen LogP contribution in [0.1, 0.15) is 42.6 Å². The molecule has 8 nitrogen and oxygen atoms in total. The minimum Gasteiger partial charge on any atom is -0.759 e. The highest BCUT2D eigenvalue weighted by molar-refractivity contribution is 5.89. The smallest absolute Gasteiger partial charge is 0.337 e. The lowest BCUT2D eigenvalue weighted by Gasteiger charge is -2.38. The Kier molecular flexibility index (Phi) is 6.64. The number of carbonyl (C=O) groups is 2. The summed E-state index contributed by atoms with van der Waals surface area (Å²) in [6.45, 7) is 5.32. The minimum absolute atomic E-state index is 0.0248. The summed E-state index contributed by atoms with van der Waals surface area (Å²) < 4.78 is 15.5. The Morgan fingerprint density at radius 1 is 1.12 bits per heavy atom. The summed E-state index contributed by atoms with van der Waals surface area (Å²) >= 11 is 0. The molecule has 1 unspecified atom stereocenters. The van der Waals surface area contributed by atoms with Gasteiger partial charge in [-0.2, -0.15) is 0 Å². The first kappa shape index (κ1) is 23.0. The highest BCUT2D eigenvalue weighted by atomic mass is 16.6. The van der Waals surface area contributed by atoms with Crippen molar-refractivity contribution in [2.45, 2.75) is 26.7 Å². The molecule has 0 aliphatic carbocycles. The highest BCUT2D eigenvalue weighted by Gasteiger charge is 2.45. The van der Waals surface area contributed by atoms with Gasteiger partial charge in [-0.05, 0) is 39.0 Å². The second-order valence-electron chi connectivity index (χ2n) is 7.79. The molecular formula is C24H25N2O6-. The summed E-state index contributed by atoms with van der Waals surface area (Å²) in [6, 6.07) is 10.4. The van der Waals surface area contributed by atoms with Crippen molar-refractivity contribution in [1.29, 1.82) is 0 Å². The maximum absolute atomic E-state index is 12.6. The summed E-state index contributed by atoms with van der Waals surface area (Å²) in [5, 5.41) is 11.7. The normalized spacial score (nSPS) is 15.8. The lowest BCUT2D eigenvalue weighted by molar-refractivity contribution is -0.151. The molecule has 1 N–H and O–H groups in total. The molecule has 0 spiro atoms. The van der Waals surface area contributed by atoms with Gasteiger partial charge < -0.3 is 24.9 Å². The van der Waals surface area contributed by atoms with E-state index >= 15 is 0 Å². The Morgan fingerprint density at radius 3 is 2.38 bits per heavy atom. The molecule has 2 heterocycles. The third kappa shape index (κ3) is 4.09. The molecule has 0 bridgehead atoms. The molecule has 1 aliphatic heterocycles. The molecule has 1 aromatic carbocycles. The average molecular weight is 437 g/mol. The van der Waals surface area contributed by atoms with Crippen molar-refractivity contribution in [1.82, 2.24) is 10.5 Å². The molecule has 0 saturated carbocycles. The number of fused-ring (bicyclic) bond motifs is 1. The van der Waals surface area contributed by atoms with Crippen LogP contribution in [-0.2, 0) is 14.3 Å². The monoisotopic (exact) mass is 437 g/mol. The molecule has 3 rings (SSSR count). The minimum atomic E-state index is -1.00. The van der Waals surface area contributed by atoms with Gasteiger partial charge in [0.2, 0.25) is 5.88 Å². The molecule has 1 aliphatic rings. The summed E-state index contributed by atoms with van der Waals surface area (Å²) in [4.78, 5) is 28.9. The van der Waals surface area contributed by atoms with Crippen LogP contribution in [0.5, 0.6) is 5.88 Å². The molecule has 8 heteroatoms. The Bertz CT molecular complexity index is 1090. The van der Waals surface area contributed by atoms with Gasteiger partial charge in [0, 0.05) is 22.6 Å². The molecule has 1 atom stereocenters. The van der Waals surface area contributed by atoms with E-state index in [2.05, 4.69) is 4.98 Å². The molecule has 0 fully saturated rings. The Morgan fingerprint density at radius 2 is 1.81 bits per heavy atom. The fourth-order valence-electron chi connectivity index (χ4n) is 3.85. The Balaban J connectivity index is 2.11. The number of hydrogen-bond acceptors (Lipinski definition) is 8. The Labute approximate surface area is 186 Å². The number of aromatic nitrogens is 1. The molecule has 0 amide bonds. The van der Waals surface area contributed by atoms with Crippen LogP contribution in [0.4, 0.5) is 0 Å². The van der Waals surface area contributed by atoms with Crippen molar-refractivity contribution < 1.29 is 23.8 Å². The van der Waals surface area contributed by atoms with Gasteiger partial charge in [-0.15, -0.1) is 0 Å². The summed E-state index contributed by atoms with van der Waals surface area (Å²) in [6.07, 6.45) is 3.50. The van der Waals surface area contributed by atoms with Gasteiger partial charge in [0.1, 0.15) is 0 Å². The first-order valence-corrected chi connectivity index (χ1v) is 9.99. The molecule has 1 aromatic heterocycles. The van der Waals surface area contributed by atoms with E-state index in [4.69, 9.17) is 14.2 Å². The number of pyridine rings is 1. The van der Waals surface area contributed by atoms with Crippen LogP contribution in [0.2, 0.25) is 0 Å². The standard InChI is InChI=1S/C24H25N2O6/c1-6-7-16-19(24(2,3)23(28)31-5)17-12-13-18(25-20(17)32-21(16)26-29)14-8-10-15(11-9-14)22(27)30-4/h6-13,19,26H,1-5H3/q-1/b7-6-. The number of benzene rings is 1. The van der Waals surface area contributed by atoms with Crippen molar-refractivity contribution in [3.8, 4) is 17.1 Å². The lowest BCUT2D eigenvalue weighted by Crippen LogP contribution is -2.37. The number of hydrogen-bond donors (Lipinski definition) is 1. The number of esters is 2. The number of ether oxygens (including phenoxy) is 3. The highest BCUT2D eigenvalue weighted by Crippen LogP contribution is 2.49. The quantitative estimate of drug-likeness (QED) is 0.532. The second-order valence-corrected chi connectivity index (χ2v) is 7.79. The van der Waals surface area contributed by atoms with Crippen LogP contribution < -0.4 is 10.2 Å². The molecule has 2 aromatic rings. The zero-order chi connectivity index (χ0) is 23.5. The van der Waals surface area contributed by atoms with Gasteiger partial charge in [0.25, 0.3) is 0 Å². The second kappa shape index (κ2) is 9.23. The van der Waals surface area contributed by atoms with Crippen LogP contribution in [0.25, 0.3) is 11.3 Å². The van der Waals surface area contributed by atoms with Gasteiger partial charge in [0.05, 0.1) is 30.9 Å². The summed E-state index contributed by atoms with van der Waals surface area (Å²) in [5.74, 6) is -1.20. The van der Waals surface area contributed by atoms with Crippen LogP contribution in [0.15, 0.2) is 60.0 Å². The number of allylic oxidation sites excluding steroid dienone is 3. The summed E-state index contributed by atoms with van der Waals surface area (Å²) in [5.41, 5.74) is 3.76. The molecule has 32 heavy (non-hydrogen) atoms. The van der Waals surface area contributed by atoms with Crippen molar-refractivity contribution in [3.05, 3.63) is 76.3 Å². The van der Waals surface area contributed by atoms with E-state index in [1.54, 1.807) is 56.3 Å². The van der Waals surface area contributed by atoms with Gasteiger partial charge in [0.15, 0.2) is 5.88 Å². The zero-order valence-electron chi connectivity index (χ0n) is 18.6. The van der Waals surface area contributed by atoms with Crippen LogP contribution in [0.3, 0.4) is 0 Å². The largest absolute Gasteiger partial charge is 0.759 e. The van der Waals surface area contributed by atoms with E-state index in [1.807, 2.05) is 18.5 Å². The van der Waals surface area contributed by atoms with Crippen LogP contribution in [0, 0.1) is 10.6 Å². The maximum atomic E-state index is 12.6. The topological polar surface area (TPSA) is 110 Å². The third-order valence-corrected chi connectivity index (χ3v) is 5.45. The van der Waals surface area contributed by atoms with E-state index in [0.29, 0.717) is 22.4 Å². The van der Waals surface area contributed by atoms with E-state index in [9.17, 15) is 14.8 Å². The molecule has 0 radical (unpaired) electrons. The van der Waals surface area contributed by atoms with Crippen molar-refractivity contribution >= 4 is 11.9 Å².